The molecular weight excluding hydrogens is 240 g/mol. The Morgan fingerprint density at radius 2 is 1.05 bits per heavy atom. The zero-order valence-electron chi connectivity index (χ0n) is 13.3. The molecule has 20 heavy (non-hydrogen) atoms. The highest BCUT2D eigenvalue weighted by molar-refractivity contribution is 5.38. The summed E-state index contributed by atoms with van der Waals surface area (Å²) < 4.78 is 0. The first kappa shape index (κ1) is 14.8. The molecule has 0 amide bonds. The van der Waals surface area contributed by atoms with Crippen LogP contribution < -0.4 is 0 Å². The second-order valence-corrected chi connectivity index (χ2v) is 5.63. The minimum Gasteiger partial charge on any atom is -0.0617 e. The van der Waals surface area contributed by atoms with Crippen LogP contribution in [0, 0.1) is 13.8 Å². The standard InChI is InChI=1S/C20H26/c1-5-19-15(3)9-7-11-17(19)13-14-18-12-8-10-16(4)20(18)6-2/h7-12H,5-6,13-14H2,1-4H3. The summed E-state index contributed by atoms with van der Waals surface area (Å²) in [6.45, 7) is 8.98. The molecule has 0 bridgehead atoms. The van der Waals surface area contributed by atoms with Crippen molar-refractivity contribution in [2.24, 2.45) is 0 Å². The lowest BCUT2D eigenvalue weighted by atomic mass is 9.92. The molecule has 0 spiro atoms. The summed E-state index contributed by atoms with van der Waals surface area (Å²) in [5.41, 5.74) is 9.00. The fourth-order valence-corrected chi connectivity index (χ4v) is 3.28. The van der Waals surface area contributed by atoms with Gasteiger partial charge in [0.1, 0.15) is 0 Å². The smallest absolute Gasteiger partial charge is 0.0235 e. The van der Waals surface area contributed by atoms with E-state index in [1.165, 1.54) is 22.3 Å². The first-order chi connectivity index (χ1) is 9.67. The van der Waals surface area contributed by atoms with E-state index in [-0.39, 0.29) is 0 Å². The van der Waals surface area contributed by atoms with Crippen LogP contribution in [0.4, 0.5) is 0 Å². The fraction of sp³-hybridized carbons (Fsp3) is 0.400. The Balaban J connectivity index is 2.21. The average Bonchev–Trinajstić information content (AvgIpc) is 2.45. The predicted molar refractivity (Wildman–Crippen MR) is 88.5 cm³/mol. The van der Waals surface area contributed by atoms with Crippen molar-refractivity contribution in [2.75, 3.05) is 0 Å². The van der Waals surface area contributed by atoms with Gasteiger partial charge in [0.25, 0.3) is 0 Å². The van der Waals surface area contributed by atoms with Crippen LogP contribution in [0.25, 0.3) is 0 Å². The molecule has 0 nitrogen and oxygen atoms in total. The monoisotopic (exact) mass is 266 g/mol. The van der Waals surface area contributed by atoms with E-state index in [1.807, 2.05) is 0 Å². The summed E-state index contributed by atoms with van der Waals surface area (Å²) >= 11 is 0. The lowest BCUT2D eigenvalue weighted by molar-refractivity contribution is 0.901. The number of benzene rings is 2. The highest BCUT2D eigenvalue weighted by Crippen LogP contribution is 2.20. The van der Waals surface area contributed by atoms with Crippen LogP contribution in [0.5, 0.6) is 0 Å². The van der Waals surface area contributed by atoms with Gasteiger partial charge in [-0.3, -0.25) is 0 Å². The maximum atomic E-state index is 2.30. The van der Waals surface area contributed by atoms with Crippen molar-refractivity contribution in [3.8, 4) is 0 Å². The minimum atomic E-state index is 1.14. The quantitative estimate of drug-likeness (QED) is 0.696. The number of rotatable bonds is 5. The van der Waals surface area contributed by atoms with E-state index in [1.54, 1.807) is 11.1 Å². The molecule has 2 rings (SSSR count). The lowest BCUT2D eigenvalue weighted by Gasteiger charge is -2.14. The SMILES string of the molecule is CCc1c(C)cccc1CCc1cccc(C)c1CC. The van der Waals surface area contributed by atoms with E-state index in [9.17, 15) is 0 Å². The summed E-state index contributed by atoms with van der Waals surface area (Å²) in [6, 6.07) is 13.4. The zero-order chi connectivity index (χ0) is 14.5. The van der Waals surface area contributed by atoms with Gasteiger partial charge in [-0.05, 0) is 72.9 Å². The summed E-state index contributed by atoms with van der Waals surface area (Å²) in [7, 11) is 0. The molecule has 0 aromatic heterocycles. The highest BCUT2D eigenvalue weighted by Gasteiger charge is 2.07. The molecule has 0 saturated heterocycles. The van der Waals surface area contributed by atoms with Crippen molar-refractivity contribution >= 4 is 0 Å². The molecule has 106 valence electrons. The first-order valence-corrected chi connectivity index (χ1v) is 7.82. The maximum absolute atomic E-state index is 2.30. The molecule has 0 aliphatic carbocycles. The summed E-state index contributed by atoms with van der Waals surface area (Å²) in [6.07, 6.45) is 4.58. The van der Waals surface area contributed by atoms with Crippen LogP contribution in [0.15, 0.2) is 36.4 Å². The van der Waals surface area contributed by atoms with Gasteiger partial charge in [-0.1, -0.05) is 50.2 Å². The van der Waals surface area contributed by atoms with Crippen LogP contribution in [0.2, 0.25) is 0 Å². The summed E-state index contributed by atoms with van der Waals surface area (Å²) in [4.78, 5) is 0. The third-order valence-electron chi connectivity index (χ3n) is 4.39. The zero-order valence-corrected chi connectivity index (χ0v) is 13.3. The number of hydrogen-bond acceptors (Lipinski definition) is 0. The molecule has 0 N–H and O–H groups in total. The van der Waals surface area contributed by atoms with Crippen molar-refractivity contribution in [3.05, 3.63) is 69.8 Å². The highest BCUT2D eigenvalue weighted by atomic mass is 14.1. The third-order valence-corrected chi connectivity index (χ3v) is 4.39. The van der Waals surface area contributed by atoms with Gasteiger partial charge >= 0.3 is 0 Å². The topological polar surface area (TPSA) is 0 Å². The van der Waals surface area contributed by atoms with Gasteiger partial charge in [-0.15, -0.1) is 0 Å². The summed E-state index contributed by atoms with van der Waals surface area (Å²) in [5.74, 6) is 0. The van der Waals surface area contributed by atoms with Crippen molar-refractivity contribution in [1.29, 1.82) is 0 Å². The van der Waals surface area contributed by atoms with Crippen molar-refractivity contribution in [2.45, 2.75) is 53.4 Å². The van der Waals surface area contributed by atoms with Crippen LogP contribution in [-0.4, -0.2) is 0 Å². The molecular formula is C20H26. The molecule has 2 aromatic rings. The van der Waals surface area contributed by atoms with Gasteiger partial charge in [-0.25, -0.2) is 0 Å². The largest absolute Gasteiger partial charge is 0.0617 e. The van der Waals surface area contributed by atoms with E-state index in [0.29, 0.717) is 0 Å². The Bertz CT molecular complexity index is 525. The molecule has 0 saturated carbocycles. The fourth-order valence-electron chi connectivity index (χ4n) is 3.28. The van der Waals surface area contributed by atoms with Crippen molar-refractivity contribution < 1.29 is 0 Å². The molecule has 0 aliphatic heterocycles. The maximum Gasteiger partial charge on any atom is -0.0235 e. The van der Waals surface area contributed by atoms with Gasteiger partial charge in [0.2, 0.25) is 0 Å². The second kappa shape index (κ2) is 6.74. The van der Waals surface area contributed by atoms with Gasteiger partial charge in [0.05, 0.1) is 0 Å². The van der Waals surface area contributed by atoms with E-state index in [2.05, 4.69) is 64.1 Å². The normalized spacial score (nSPS) is 10.8. The van der Waals surface area contributed by atoms with E-state index in [4.69, 9.17) is 0 Å². The van der Waals surface area contributed by atoms with Gasteiger partial charge < -0.3 is 0 Å². The molecule has 2 aromatic carbocycles. The molecule has 0 atom stereocenters. The Morgan fingerprint density at radius 1 is 0.650 bits per heavy atom. The van der Waals surface area contributed by atoms with Crippen LogP contribution >= 0.6 is 0 Å². The average molecular weight is 266 g/mol. The predicted octanol–water partition coefficient (Wildman–Crippen LogP) is 5.21. The lowest BCUT2D eigenvalue weighted by Crippen LogP contribution is -2.02. The Labute approximate surface area is 123 Å². The number of aryl methyl sites for hydroxylation is 4. The molecule has 0 radical (unpaired) electrons. The third kappa shape index (κ3) is 3.12. The van der Waals surface area contributed by atoms with Gasteiger partial charge in [0, 0.05) is 0 Å². The van der Waals surface area contributed by atoms with Crippen LogP contribution in [0.1, 0.15) is 47.2 Å². The van der Waals surface area contributed by atoms with Crippen molar-refractivity contribution in [1.82, 2.24) is 0 Å². The summed E-state index contributed by atoms with van der Waals surface area (Å²) in [5, 5.41) is 0. The minimum absolute atomic E-state index is 1.14. The molecule has 0 fully saturated rings. The van der Waals surface area contributed by atoms with E-state index in [0.717, 1.165) is 25.7 Å². The Kier molecular flexibility index (Phi) is 5.00. The number of hydrogen-bond donors (Lipinski definition) is 0. The molecule has 0 heterocycles. The van der Waals surface area contributed by atoms with Gasteiger partial charge in [-0.2, -0.15) is 0 Å². The van der Waals surface area contributed by atoms with E-state index < -0.39 is 0 Å². The second-order valence-electron chi connectivity index (χ2n) is 5.63. The van der Waals surface area contributed by atoms with Gasteiger partial charge in [0.15, 0.2) is 0 Å². The Morgan fingerprint density at radius 3 is 1.40 bits per heavy atom. The van der Waals surface area contributed by atoms with Crippen LogP contribution in [-0.2, 0) is 25.7 Å². The van der Waals surface area contributed by atoms with E-state index >= 15 is 0 Å². The first-order valence-electron chi connectivity index (χ1n) is 7.82. The molecule has 0 aliphatic rings. The molecule has 0 heteroatoms. The Hall–Kier alpha value is -1.56. The molecule has 0 unspecified atom stereocenters. The van der Waals surface area contributed by atoms with Crippen molar-refractivity contribution in [3.63, 3.8) is 0 Å². The van der Waals surface area contributed by atoms with Crippen LogP contribution in [0.3, 0.4) is 0 Å².